The number of hydrogen-bond donors (Lipinski definition) is 1. The monoisotopic (exact) mass is 298 g/mol. The third-order valence-corrected chi connectivity index (χ3v) is 2.78. The Morgan fingerprint density at radius 2 is 1.95 bits per heavy atom. The highest BCUT2D eigenvalue weighted by Crippen LogP contribution is 2.28. The summed E-state index contributed by atoms with van der Waals surface area (Å²) in [5, 5.41) is 12.0. The molecule has 0 atom stereocenters. The van der Waals surface area contributed by atoms with Gasteiger partial charge in [-0.25, -0.2) is 4.39 Å². The highest BCUT2D eigenvalue weighted by Gasteiger charge is 2.30. The Balaban J connectivity index is 2.20. The summed E-state index contributed by atoms with van der Waals surface area (Å²) in [4.78, 5) is 3.68. The molecule has 0 radical (unpaired) electrons. The number of hydrogen-bond acceptors (Lipinski definition) is 3. The van der Waals surface area contributed by atoms with Crippen LogP contribution in [0.1, 0.15) is 16.8 Å². The molecule has 0 spiro atoms. The lowest BCUT2D eigenvalue weighted by Crippen LogP contribution is -2.09. The van der Waals surface area contributed by atoms with Crippen LogP contribution in [0.15, 0.2) is 47.8 Å². The number of alkyl halides is 3. The highest BCUT2D eigenvalue weighted by atomic mass is 19.4. The third kappa shape index (κ3) is 3.77. The number of rotatable bonds is 3. The van der Waals surface area contributed by atoms with Gasteiger partial charge < -0.3 is 5.21 Å². The number of pyridine rings is 1. The molecule has 0 fully saturated rings. The van der Waals surface area contributed by atoms with Gasteiger partial charge in [-0.3, -0.25) is 4.98 Å². The Kier molecular flexibility index (Phi) is 4.21. The summed E-state index contributed by atoms with van der Waals surface area (Å²) < 4.78 is 50.3. The lowest BCUT2D eigenvalue weighted by atomic mass is 10.0. The van der Waals surface area contributed by atoms with Crippen molar-refractivity contribution in [1.82, 2.24) is 4.98 Å². The molecule has 0 aliphatic heterocycles. The van der Waals surface area contributed by atoms with E-state index in [1.807, 2.05) is 0 Å². The van der Waals surface area contributed by atoms with Gasteiger partial charge in [-0.05, 0) is 24.3 Å². The van der Waals surface area contributed by atoms with Crippen molar-refractivity contribution < 1.29 is 22.8 Å². The minimum Gasteiger partial charge on any atom is -0.411 e. The van der Waals surface area contributed by atoms with E-state index >= 15 is 0 Å². The second-order valence-corrected chi connectivity index (χ2v) is 4.27. The first-order chi connectivity index (χ1) is 9.90. The first-order valence-electron chi connectivity index (χ1n) is 5.89. The van der Waals surface area contributed by atoms with Crippen LogP contribution in [0.25, 0.3) is 0 Å². The van der Waals surface area contributed by atoms with E-state index in [-0.39, 0.29) is 17.8 Å². The van der Waals surface area contributed by atoms with Crippen molar-refractivity contribution in [3.05, 3.63) is 65.2 Å². The Labute approximate surface area is 117 Å². The topological polar surface area (TPSA) is 45.5 Å². The Morgan fingerprint density at radius 3 is 2.48 bits per heavy atom. The van der Waals surface area contributed by atoms with Gasteiger partial charge in [0.15, 0.2) is 0 Å². The van der Waals surface area contributed by atoms with Crippen LogP contribution >= 0.6 is 0 Å². The van der Waals surface area contributed by atoms with E-state index in [9.17, 15) is 17.6 Å². The average Bonchev–Trinajstić information content (AvgIpc) is 2.44. The fraction of sp³-hybridized carbons (Fsp3) is 0.143. The second-order valence-electron chi connectivity index (χ2n) is 4.27. The predicted molar refractivity (Wildman–Crippen MR) is 67.7 cm³/mol. The van der Waals surface area contributed by atoms with Gasteiger partial charge in [0.2, 0.25) is 0 Å². The number of nitrogens with zero attached hydrogens (tertiary/aromatic N) is 2. The molecule has 1 heterocycles. The van der Waals surface area contributed by atoms with E-state index in [1.165, 1.54) is 30.3 Å². The lowest BCUT2D eigenvalue weighted by molar-refractivity contribution is -0.137. The molecule has 3 nitrogen and oxygen atoms in total. The van der Waals surface area contributed by atoms with Crippen LogP contribution in [0, 0.1) is 5.82 Å². The van der Waals surface area contributed by atoms with E-state index in [0.717, 1.165) is 6.07 Å². The Morgan fingerprint density at radius 1 is 1.19 bits per heavy atom. The van der Waals surface area contributed by atoms with Crippen molar-refractivity contribution in [3.63, 3.8) is 0 Å². The van der Waals surface area contributed by atoms with Gasteiger partial charge in [0.1, 0.15) is 5.82 Å². The molecule has 0 bridgehead atoms. The quantitative estimate of drug-likeness (QED) is 0.407. The van der Waals surface area contributed by atoms with E-state index in [1.54, 1.807) is 0 Å². The first-order valence-corrected chi connectivity index (χ1v) is 5.89. The minimum absolute atomic E-state index is 0.0158. The lowest BCUT2D eigenvalue weighted by Gasteiger charge is -2.08. The summed E-state index contributed by atoms with van der Waals surface area (Å²) in [6, 6.07) is 7.45. The van der Waals surface area contributed by atoms with E-state index in [2.05, 4.69) is 10.1 Å². The summed E-state index contributed by atoms with van der Waals surface area (Å²) in [7, 11) is 0. The molecule has 0 aliphatic rings. The van der Waals surface area contributed by atoms with Gasteiger partial charge in [-0.1, -0.05) is 17.3 Å². The normalized spacial score (nSPS) is 12.5. The van der Waals surface area contributed by atoms with Crippen LogP contribution in [0.5, 0.6) is 0 Å². The molecular weight excluding hydrogens is 288 g/mol. The predicted octanol–water partition coefficient (Wildman–Crippen LogP) is 3.66. The zero-order valence-electron chi connectivity index (χ0n) is 10.6. The van der Waals surface area contributed by atoms with Crippen LogP contribution in [-0.4, -0.2) is 15.9 Å². The SMILES string of the molecule is O/N=C(\Cc1ccc(C(F)(F)F)cn1)c1cccc(F)c1. The van der Waals surface area contributed by atoms with Gasteiger partial charge in [0, 0.05) is 23.9 Å². The molecule has 2 aromatic rings. The van der Waals surface area contributed by atoms with Gasteiger partial charge in [-0.15, -0.1) is 0 Å². The molecule has 0 unspecified atom stereocenters. The maximum atomic E-state index is 13.1. The molecule has 1 N–H and O–H groups in total. The molecule has 7 heteroatoms. The van der Waals surface area contributed by atoms with Crippen molar-refractivity contribution in [2.75, 3.05) is 0 Å². The molecule has 0 saturated heterocycles. The molecule has 0 aliphatic carbocycles. The molecule has 110 valence electrons. The van der Waals surface area contributed by atoms with Crippen molar-refractivity contribution >= 4 is 5.71 Å². The first kappa shape index (κ1) is 15.0. The molecule has 1 aromatic heterocycles. The van der Waals surface area contributed by atoms with E-state index < -0.39 is 17.6 Å². The largest absolute Gasteiger partial charge is 0.417 e. The molecule has 0 amide bonds. The number of halogens is 4. The number of benzene rings is 1. The third-order valence-electron chi connectivity index (χ3n) is 2.78. The standard InChI is InChI=1S/C14H10F4N2O/c15-11-3-1-2-9(6-11)13(20-21)7-12-5-4-10(8-19-12)14(16,17)18/h1-6,8,21H,7H2/b20-13+. The van der Waals surface area contributed by atoms with Crippen LogP contribution < -0.4 is 0 Å². The molecule has 2 rings (SSSR count). The van der Waals surface area contributed by atoms with Crippen LogP contribution in [-0.2, 0) is 12.6 Å². The Hall–Kier alpha value is -2.44. The molecular formula is C14H10F4N2O. The van der Waals surface area contributed by atoms with E-state index in [0.29, 0.717) is 11.8 Å². The summed E-state index contributed by atoms with van der Waals surface area (Å²) in [5.41, 5.74) is -0.138. The van der Waals surface area contributed by atoms with E-state index in [4.69, 9.17) is 5.21 Å². The highest BCUT2D eigenvalue weighted by molar-refractivity contribution is 6.01. The number of oxime groups is 1. The zero-order valence-corrected chi connectivity index (χ0v) is 10.6. The van der Waals surface area contributed by atoms with Crippen LogP contribution in [0.3, 0.4) is 0 Å². The summed E-state index contributed by atoms with van der Waals surface area (Å²) in [6.45, 7) is 0. The van der Waals surface area contributed by atoms with Crippen molar-refractivity contribution in [1.29, 1.82) is 0 Å². The van der Waals surface area contributed by atoms with Crippen LogP contribution in [0.4, 0.5) is 17.6 Å². The molecule has 1 aromatic carbocycles. The molecule has 0 saturated carbocycles. The summed E-state index contributed by atoms with van der Waals surface area (Å²) in [6.07, 6.45) is -3.77. The summed E-state index contributed by atoms with van der Waals surface area (Å²) >= 11 is 0. The van der Waals surface area contributed by atoms with Crippen molar-refractivity contribution in [2.45, 2.75) is 12.6 Å². The zero-order chi connectivity index (χ0) is 15.5. The van der Waals surface area contributed by atoms with Gasteiger partial charge in [0.05, 0.1) is 11.3 Å². The Bertz CT molecular complexity index is 651. The summed E-state index contributed by atoms with van der Waals surface area (Å²) in [5.74, 6) is -0.506. The molecule has 21 heavy (non-hydrogen) atoms. The van der Waals surface area contributed by atoms with Gasteiger partial charge in [-0.2, -0.15) is 13.2 Å². The second kappa shape index (κ2) is 5.90. The fourth-order valence-corrected chi connectivity index (χ4v) is 1.73. The maximum Gasteiger partial charge on any atom is 0.417 e. The average molecular weight is 298 g/mol. The van der Waals surface area contributed by atoms with Crippen molar-refractivity contribution in [2.24, 2.45) is 5.16 Å². The van der Waals surface area contributed by atoms with Crippen molar-refractivity contribution in [3.8, 4) is 0 Å². The minimum atomic E-state index is -4.46. The number of aromatic nitrogens is 1. The smallest absolute Gasteiger partial charge is 0.411 e. The van der Waals surface area contributed by atoms with Gasteiger partial charge in [0.25, 0.3) is 0 Å². The van der Waals surface area contributed by atoms with Gasteiger partial charge >= 0.3 is 6.18 Å². The van der Waals surface area contributed by atoms with Crippen LogP contribution in [0.2, 0.25) is 0 Å². The fourth-order valence-electron chi connectivity index (χ4n) is 1.73. The maximum absolute atomic E-state index is 13.1.